The molecule has 0 radical (unpaired) electrons. The van der Waals surface area contributed by atoms with Crippen LogP contribution in [0, 0.1) is 18.3 Å². The molecule has 6 nitrogen and oxygen atoms in total. The van der Waals surface area contributed by atoms with Crippen molar-refractivity contribution in [3.63, 3.8) is 0 Å². The summed E-state index contributed by atoms with van der Waals surface area (Å²) in [6.07, 6.45) is 2.30. The second-order valence-corrected chi connectivity index (χ2v) is 9.35. The van der Waals surface area contributed by atoms with E-state index in [0.29, 0.717) is 29.9 Å². The molecule has 148 valence electrons. The van der Waals surface area contributed by atoms with Crippen LogP contribution in [0.1, 0.15) is 51.2 Å². The first-order valence-corrected chi connectivity index (χ1v) is 9.76. The fraction of sp³-hybridized carbons (Fsp3) is 0.500. The Morgan fingerprint density at radius 3 is 2.64 bits per heavy atom. The Morgan fingerprint density at radius 1 is 1.18 bits per heavy atom. The van der Waals surface area contributed by atoms with Gasteiger partial charge in [0.25, 0.3) is 5.91 Å². The van der Waals surface area contributed by atoms with Crippen LogP contribution < -0.4 is 10.9 Å². The molecule has 1 aromatic carbocycles. The van der Waals surface area contributed by atoms with Crippen molar-refractivity contribution in [1.82, 2.24) is 10.2 Å². The topological polar surface area (TPSA) is 79.6 Å². The smallest absolute Gasteiger partial charge is 0.336 e. The first kappa shape index (κ1) is 18.7. The average molecular weight is 382 g/mol. The molecule has 28 heavy (non-hydrogen) atoms. The third kappa shape index (κ3) is 3.11. The molecular weight excluding hydrogens is 356 g/mol. The van der Waals surface area contributed by atoms with Gasteiger partial charge in [-0.3, -0.25) is 9.69 Å². The highest BCUT2D eigenvalue weighted by molar-refractivity contribution is 6.07. The van der Waals surface area contributed by atoms with E-state index in [0.717, 1.165) is 17.4 Å². The van der Waals surface area contributed by atoms with Crippen molar-refractivity contribution in [1.29, 1.82) is 0 Å². The lowest BCUT2D eigenvalue weighted by atomic mass is 9.64. The lowest BCUT2D eigenvalue weighted by Crippen LogP contribution is -2.54. The summed E-state index contributed by atoms with van der Waals surface area (Å²) < 4.78 is 5.29. The van der Waals surface area contributed by atoms with E-state index in [9.17, 15) is 14.4 Å². The van der Waals surface area contributed by atoms with E-state index in [1.807, 2.05) is 19.1 Å². The number of rotatable bonds is 2. The van der Waals surface area contributed by atoms with E-state index in [-0.39, 0.29) is 23.9 Å². The van der Waals surface area contributed by atoms with Crippen LogP contribution in [0.3, 0.4) is 0 Å². The summed E-state index contributed by atoms with van der Waals surface area (Å²) in [7, 11) is 0. The van der Waals surface area contributed by atoms with Crippen molar-refractivity contribution in [2.45, 2.75) is 59.0 Å². The third-order valence-electron chi connectivity index (χ3n) is 5.94. The van der Waals surface area contributed by atoms with Crippen LogP contribution in [-0.2, 0) is 11.3 Å². The summed E-state index contributed by atoms with van der Waals surface area (Å²) in [6.45, 7) is 8.39. The molecule has 1 aromatic heterocycles. The molecule has 1 aliphatic carbocycles. The zero-order chi connectivity index (χ0) is 20.3. The van der Waals surface area contributed by atoms with Gasteiger partial charge < -0.3 is 9.73 Å². The zero-order valence-electron chi connectivity index (χ0n) is 16.8. The van der Waals surface area contributed by atoms with Gasteiger partial charge >= 0.3 is 11.7 Å². The van der Waals surface area contributed by atoms with Gasteiger partial charge in [0.2, 0.25) is 0 Å². The van der Waals surface area contributed by atoms with Gasteiger partial charge in [0.15, 0.2) is 0 Å². The SMILES string of the molecule is Cc1ccc2c(CN3C(=O)N[C@]4(C[C@@H](C)CC(C)(C)C4)C3=O)cc(=O)oc2c1. The van der Waals surface area contributed by atoms with Crippen molar-refractivity contribution < 1.29 is 14.0 Å². The lowest BCUT2D eigenvalue weighted by molar-refractivity contribution is -0.135. The van der Waals surface area contributed by atoms with Crippen molar-refractivity contribution in [2.24, 2.45) is 11.3 Å². The van der Waals surface area contributed by atoms with Crippen LogP contribution in [0.4, 0.5) is 4.79 Å². The van der Waals surface area contributed by atoms with Gasteiger partial charge in [0.05, 0.1) is 6.54 Å². The Morgan fingerprint density at radius 2 is 1.93 bits per heavy atom. The van der Waals surface area contributed by atoms with Gasteiger partial charge in [-0.2, -0.15) is 0 Å². The lowest BCUT2D eigenvalue weighted by Gasteiger charge is -2.43. The number of amides is 3. The molecule has 2 atom stereocenters. The van der Waals surface area contributed by atoms with Crippen LogP contribution in [0.5, 0.6) is 0 Å². The number of aryl methyl sites for hydroxylation is 1. The normalized spacial score (nSPS) is 26.9. The van der Waals surface area contributed by atoms with E-state index >= 15 is 0 Å². The largest absolute Gasteiger partial charge is 0.423 e. The second-order valence-electron chi connectivity index (χ2n) is 9.35. The van der Waals surface area contributed by atoms with Crippen molar-refractivity contribution in [2.75, 3.05) is 0 Å². The van der Waals surface area contributed by atoms with Crippen LogP contribution in [-0.4, -0.2) is 22.4 Å². The molecule has 1 spiro atoms. The summed E-state index contributed by atoms with van der Waals surface area (Å²) in [5.74, 6) is 0.158. The van der Waals surface area contributed by atoms with Crippen LogP contribution >= 0.6 is 0 Å². The molecular formula is C22H26N2O4. The quantitative estimate of drug-likeness (QED) is 0.634. The third-order valence-corrected chi connectivity index (χ3v) is 5.94. The fourth-order valence-electron chi connectivity index (χ4n) is 5.29. The monoisotopic (exact) mass is 382 g/mol. The molecule has 6 heteroatoms. The molecule has 0 bridgehead atoms. The molecule has 4 rings (SSSR count). The number of hydrogen-bond acceptors (Lipinski definition) is 4. The van der Waals surface area contributed by atoms with Crippen molar-refractivity contribution in [3.8, 4) is 0 Å². The molecule has 2 aromatic rings. The standard InChI is InChI=1S/C22H26N2O4/c1-13-5-6-16-15(8-18(25)28-17(16)7-13)11-24-19(26)22(23-20(24)27)10-14(2)9-21(3,4)12-22/h5-8,14H,9-12H2,1-4H3,(H,23,27)/t14-,22-/m0/s1. The maximum atomic E-state index is 13.3. The van der Waals surface area contributed by atoms with Crippen LogP contribution in [0.25, 0.3) is 11.0 Å². The minimum atomic E-state index is -0.843. The first-order valence-electron chi connectivity index (χ1n) is 9.76. The Labute approximate surface area is 163 Å². The highest BCUT2D eigenvalue weighted by Crippen LogP contribution is 2.46. The van der Waals surface area contributed by atoms with Gasteiger partial charge in [0, 0.05) is 11.5 Å². The summed E-state index contributed by atoms with van der Waals surface area (Å²) in [6, 6.07) is 6.56. The molecule has 2 aliphatic rings. The fourth-order valence-corrected chi connectivity index (χ4v) is 5.29. The predicted octanol–water partition coefficient (Wildman–Crippen LogP) is 3.74. The number of carbonyl (C=O) groups is 2. The summed E-state index contributed by atoms with van der Waals surface area (Å²) >= 11 is 0. The van der Waals surface area contributed by atoms with Crippen LogP contribution in [0.2, 0.25) is 0 Å². The number of imide groups is 1. The first-order chi connectivity index (χ1) is 13.1. The molecule has 3 amide bonds. The second kappa shape index (κ2) is 6.19. The Balaban J connectivity index is 1.70. The van der Waals surface area contributed by atoms with Gasteiger partial charge in [-0.15, -0.1) is 0 Å². The zero-order valence-corrected chi connectivity index (χ0v) is 16.8. The summed E-state index contributed by atoms with van der Waals surface area (Å²) in [5.41, 5.74) is 0.715. The number of urea groups is 1. The number of nitrogens with one attached hydrogen (secondary N) is 1. The van der Waals surface area contributed by atoms with E-state index in [1.165, 1.54) is 11.0 Å². The summed E-state index contributed by atoms with van der Waals surface area (Å²) in [4.78, 5) is 39.4. The van der Waals surface area contributed by atoms with E-state index < -0.39 is 11.2 Å². The number of benzene rings is 1. The van der Waals surface area contributed by atoms with Gasteiger partial charge in [-0.25, -0.2) is 9.59 Å². The molecule has 1 N–H and O–H groups in total. The Hall–Kier alpha value is -2.63. The molecule has 1 saturated carbocycles. The maximum absolute atomic E-state index is 13.3. The Bertz CT molecular complexity index is 1040. The van der Waals surface area contributed by atoms with E-state index in [4.69, 9.17) is 4.42 Å². The van der Waals surface area contributed by atoms with Crippen LogP contribution in [0.15, 0.2) is 33.5 Å². The van der Waals surface area contributed by atoms with Crippen molar-refractivity contribution >= 4 is 22.9 Å². The number of carbonyl (C=O) groups excluding carboxylic acids is 2. The van der Waals surface area contributed by atoms with Gasteiger partial charge in [-0.1, -0.05) is 32.9 Å². The highest BCUT2D eigenvalue weighted by atomic mass is 16.4. The number of fused-ring (bicyclic) bond motifs is 1. The van der Waals surface area contributed by atoms with Crippen molar-refractivity contribution in [3.05, 3.63) is 45.8 Å². The highest BCUT2D eigenvalue weighted by Gasteiger charge is 2.56. The molecule has 2 heterocycles. The predicted molar refractivity (Wildman–Crippen MR) is 106 cm³/mol. The molecule has 2 fully saturated rings. The molecule has 0 unspecified atom stereocenters. The number of nitrogens with zero attached hydrogens (tertiary/aromatic N) is 1. The number of hydrogen-bond donors (Lipinski definition) is 1. The maximum Gasteiger partial charge on any atom is 0.336 e. The average Bonchev–Trinajstić information content (AvgIpc) is 2.75. The minimum Gasteiger partial charge on any atom is -0.423 e. The summed E-state index contributed by atoms with van der Waals surface area (Å²) in [5, 5.41) is 3.72. The Kier molecular flexibility index (Phi) is 4.14. The van der Waals surface area contributed by atoms with E-state index in [2.05, 4.69) is 26.1 Å². The molecule has 1 saturated heterocycles. The minimum absolute atomic E-state index is 0.0192. The van der Waals surface area contributed by atoms with E-state index in [1.54, 1.807) is 6.07 Å². The molecule has 1 aliphatic heterocycles. The van der Waals surface area contributed by atoms with Gasteiger partial charge in [0.1, 0.15) is 11.1 Å². The van der Waals surface area contributed by atoms with Gasteiger partial charge in [-0.05, 0) is 54.7 Å².